The number of nitrogens with one attached hydrogen (secondary N) is 1. The second-order valence-electron chi connectivity index (χ2n) is 4.21. The molecule has 5 heteroatoms. The molecule has 0 saturated carbocycles. The van der Waals surface area contributed by atoms with Gasteiger partial charge in [-0.25, -0.2) is 4.98 Å². The molecule has 0 aliphatic carbocycles. The number of aromatic nitrogens is 2. The zero-order chi connectivity index (χ0) is 13.0. The Hall–Kier alpha value is -1.88. The second-order valence-corrected chi connectivity index (χ2v) is 4.21. The molecule has 0 spiro atoms. The fourth-order valence-corrected chi connectivity index (χ4v) is 1.68. The van der Waals surface area contributed by atoms with E-state index in [1.807, 2.05) is 41.9 Å². The fraction of sp³-hybridized carbons (Fsp3) is 0.385. The molecule has 18 heavy (non-hydrogen) atoms. The standard InChI is InChI=1S/C13H18N4O/c1-3-16(2)13(18)9-14-8-11-10-17-7-5-4-6-12(17)15-11/h4-7,10,14H,3,8-9H2,1-2H3. The van der Waals surface area contributed by atoms with E-state index >= 15 is 0 Å². The number of fused-ring (bicyclic) bond motifs is 1. The maximum Gasteiger partial charge on any atom is 0.236 e. The Labute approximate surface area is 106 Å². The van der Waals surface area contributed by atoms with Crippen LogP contribution in [0.4, 0.5) is 0 Å². The predicted molar refractivity (Wildman–Crippen MR) is 70.2 cm³/mol. The summed E-state index contributed by atoms with van der Waals surface area (Å²) in [5, 5.41) is 3.11. The van der Waals surface area contributed by atoms with E-state index < -0.39 is 0 Å². The normalized spacial score (nSPS) is 10.8. The predicted octanol–water partition coefficient (Wildman–Crippen LogP) is 0.902. The smallest absolute Gasteiger partial charge is 0.236 e. The Kier molecular flexibility index (Phi) is 3.94. The molecule has 0 atom stereocenters. The number of likely N-dealkylation sites (N-methyl/N-ethyl adjacent to an activating group) is 1. The minimum atomic E-state index is 0.0984. The minimum Gasteiger partial charge on any atom is -0.345 e. The number of hydrogen-bond donors (Lipinski definition) is 1. The minimum absolute atomic E-state index is 0.0984. The maximum atomic E-state index is 11.6. The highest BCUT2D eigenvalue weighted by Crippen LogP contribution is 2.03. The highest BCUT2D eigenvalue weighted by atomic mass is 16.2. The molecular formula is C13H18N4O. The summed E-state index contributed by atoms with van der Waals surface area (Å²) < 4.78 is 1.97. The molecule has 0 aliphatic heterocycles. The van der Waals surface area contributed by atoms with Crippen molar-refractivity contribution in [2.24, 2.45) is 0 Å². The largest absolute Gasteiger partial charge is 0.345 e. The summed E-state index contributed by atoms with van der Waals surface area (Å²) >= 11 is 0. The van der Waals surface area contributed by atoms with Crippen LogP contribution in [0.5, 0.6) is 0 Å². The van der Waals surface area contributed by atoms with Crippen LogP contribution in [0.15, 0.2) is 30.6 Å². The molecule has 2 aromatic heterocycles. The Balaban J connectivity index is 1.89. The number of hydrogen-bond acceptors (Lipinski definition) is 3. The van der Waals surface area contributed by atoms with E-state index in [9.17, 15) is 4.79 Å². The van der Waals surface area contributed by atoms with Gasteiger partial charge < -0.3 is 14.6 Å². The van der Waals surface area contributed by atoms with Crippen molar-refractivity contribution in [3.05, 3.63) is 36.3 Å². The van der Waals surface area contributed by atoms with Crippen LogP contribution < -0.4 is 5.32 Å². The zero-order valence-electron chi connectivity index (χ0n) is 10.8. The Morgan fingerprint density at radius 3 is 3.06 bits per heavy atom. The summed E-state index contributed by atoms with van der Waals surface area (Å²) in [4.78, 5) is 17.7. The van der Waals surface area contributed by atoms with Gasteiger partial charge in [0.1, 0.15) is 5.65 Å². The first-order valence-electron chi connectivity index (χ1n) is 6.08. The van der Waals surface area contributed by atoms with Gasteiger partial charge in [-0.1, -0.05) is 6.07 Å². The molecule has 0 saturated heterocycles. The van der Waals surface area contributed by atoms with Crippen molar-refractivity contribution in [3.8, 4) is 0 Å². The third kappa shape index (κ3) is 2.87. The molecule has 1 amide bonds. The lowest BCUT2D eigenvalue weighted by Gasteiger charge is -2.14. The number of nitrogens with zero attached hydrogens (tertiary/aromatic N) is 3. The maximum absolute atomic E-state index is 11.6. The lowest BCUT2D eigenvalue weighted by molar-refractivity contribution is -0.128. The molecular weight excluding hydrogens is 228 g/mol. The van der Waals surface area contributed by atoms with Gasteiger partial charge in [0.15, 0.2) is 0 Å². The van der Waals surface area contributed by atoms with Crippen molar-refractivity contribution in [3.63, 3.8) is 0 Å². The first-order valence-corrected chi connectivity index (χ1v) is 6.08. The molecule has 96 valence electrons. The quantitative estimate of drug-likeness (QED) is 0.853. The molecule has 0 unspecified atom stereocenters. The molecule has 1 N–H and O–H groups in total. The van der Waals surface area contributed by atoms with Crippen LogP contribution in [0.1, 0.15) is 12.6 Å². The van der Waals surface area contributed by atoms with Crippen molar-refractivity contribution in [2.45, 2.75) is 13.5 Å². The average molecular weight is 246 g/mol. The van der Waals surface area contributed by atoms with Gasteiger partial charge in [0.05, 0.1) is 12.2 Å². The van der Waals surface area contributed by atoms with Gasteiger partial charge in [0.2, 0.25) is 5.91 Å². The summed E-state index contributed by atoms with van der Waals surface area (Å²) in [5.41, 5.74) is 1.86. The van der Waals surface area contributed by atoms with Gasteiger partial charge in [-0.2, -0.15) is 0 Å². The van der Waals surface area contributed by atoms with Crippen molar-refractivity contribution in [2.75, 3.05) is 20.1 Å². The summed E-state index contributed by atoms with van der Waals surface area (Å²) in [6.45, 7) is 3.64. The number of amides is 1. The highest BCUT2D eigenvalue weighted by molar-refractivity contribution is 5.77. The topological polar surface area (TPSA) is 49.6 Å². The van der Waals surface area contributed by atoms with Crippen LogP contribution in [0.25, 0.3) is 5.65 Å². The van der Waals surface area contributed by atoms with Crippen LogP contribution in [0.3, 0.4) is 0 Å². The first-order chi connectivity index (χ1) is 8.70. The van der Waals surface area contributed by atoms with E-state index in [1.165, 1.54) is 0 Å². The van der Waals surface area contributed by atoms with Gasteiger partial charge in [0.25, 0.3) is 0 Å². The van der Waals surface area contributed by atoms with Crippen molar-refractivity contribution < 1.29 is 4.79 Å². The van der Waals surface area contributed by atoms with Gasteiger partial charge in [-0.05, 0) is 19.1 Å². The van der Waals surface area contributed by atoms with Gasteiger partial charge in [0, 0.05) is 32.5 Å². The average Bonchev–Trinajstić information content (AvgIpc) is 2.80. The highest BCUT2D eigenvalue weighted by Gasteiger charge is 2.06. The summed E-state index contributed by atoms with van der Waals surface area (Å²) in [5.74, 6) is 0.0984. The number of pyridine rings is 1. The van der Waals surface area contributed by atoms with Crippen LogP contribution in [-0.2, 0) is 11.3 Å². The first kappa shape index (κ1) is 12.6. The Morgan fingerprint density at radius 2 is 2.33 bits per heavy atom. The number of carbonyl (C=O) groups excluding carboxylic acids is 1. The number of carbonyl (C=O) groups is 1. The lowest BCUT2D eigenvalue weighted by Crippen LogP contribution is -2.35. The Morgan fingerprint density at radius 1 is 1.50 bits per heavy atom. The van der Waals surface area contributed by atoms with E-state index in [2.05, 4.69) is 10.3 Å². The van der Waals surface area contributed by atoms with E-state index in [4.69, 9.17) is 0 Å². The molecule has 2 rings (SSSR count). The van der Waals surface area contributed by atoms with E-state index in [0.717, 1.165) is 17.9 Å². The summed E-state index contributed by atoms with van der Waals surface area (Å²) in [6, 6.07) is 5.88. The molecule has 0 bridgehead atoms. The second kappa shape index (κ2) is 5.64. The third-order valence-corrected chi connectivity index (χ3v) is 2.90. The molecule has 0 fully saturated rings. The van der Waals surface area contributed by atoms with Crippen LogP contribution in [-0.4, -0.2) is 40.3 Å². The third-order valence-electron chi connectivity index (χ3n) is 2.90. The number of rotatable bonds is 5. The van der Waals surface area contributed by atoms with Crippen molar-refractivity contribution in [1.82, 2.24) is 19.6 Å². The van der Waals surface area contributed by atoms with E-state index in [0.29, 0.717) is 13.1 Å². The van der Waals surface area contributed by atoms with E-state index in [1.54, 1.807) is 11.9 Å². The molecule has 0 aliphatic rings. The van der Waals surface area contributed by atoms with Crippen LogP contribution >= 0.6 is 0 Å². The lowest BCUT2D eigenvalue weighted by atomic mass is 10.4. The molecule has 2 aromatic rings. The van der Waals surface area contributed by atoms with Crippen molar-refractivity contribution >= 4 is 11.6 Å². The monoisotopic (exact) mass is 246 g/mol. The van der Waals surface area contributed by atoms with Gasteiger partial charge in [-0.15, -0.1) is 0 Å². The van der Waals surface area contributed by atoms with Gasteiger partial charge in [-0.3, -0.25) is 4.79 Å². The van der Waals surface area contributed by atoms with E-state index in [-0.39, 0.29) is 5.91 Å². The summed E-state index contributed by atoms with van der Waals surface area (Å²) in [6.07, 6.45) is 3.93. The zero-order valence-corrected chi connectivity index (χ0v) is 10.8. The Bertz CT molecular complexity index is 502. The molecule has 5 nitrogen and oxygen atoms in total. The SMILES string of the molecule is CCN(C)C(=O)CNCc1cn2ccccc2n1. The number of imidazole rings is 1. The van der Waals surface area contributed by atoms with Crippen molar-refractivity contribution in [1.29, 1.82) is 0 Å². The summed E-state index contributed by atoms with van der Waals surface area (Å²) in [7, 11) is 1.80. The van der Waals surface area contributed by atoms with Crippen LogP contribution in [0.2, 0.25) is 0 Å². The fourth-order valence-electron chi connectivity index (χ4n) is 1.68. The molecule has 0 aromatic carbocycles. The van der Waals surface area contributed by atoms with Gasteiger partial charge >= 0.3 is 0 Å². The molecule has 0 radical (unpaired) electrons. The molecule has 2 heterocycles. The van der Waals surface area contributed by atoms with Crippen LogP contribution in [0, 0.1) is 0 Å².